The topological polar surface area (TPSA) is 81.5 Å². The fraction of sp³-hybridized carbons (Fsp3) is 0.368. The number of nitrogens with two attached hydrogens (primary N) is 2. The standard InChI is InChI=1S/C19H25N3O/c1-8-9(2)11(4)16-14(7)17(18(23)22-19(20)21)13(6)12(5)15(16)10(8)3/h1-7H3,(H4,20,21,22,23). The van der Waals surface area contributed by atoms with Crippen LogP contribution in [0.4, 0.5) is 0 Å². The number of benzene rings is 2. The van der Waals surface area contributed by atoms with Gasteiger partial charge >= 0.3 is 0 Å². The summed E-state index contributed by atoms with van der Waals surface area (Å²) in [4.78, 5) is 16.2. The van der Waals surface area contributed by atoms with Crippen LogP contribution in [-0.4, -0.2) is 11.9 Å². The highest BCUT2D eigenvalue weighted by Gasteiger charge is 2.21. The Morgan fingerprint density at radius 1 is 0.652 bits per heavy atom. The number of hydrogen-bond donors (Lipinski definition) is 2. The second-order valence-electron chi connectivity index (χ2n) is 6.34. The van der Waals surface area contributed by atoms with Crippen LogP contribution < -0.4 is 11.5 Å². The number of aryl methyl sites for hydroxylation is 4. The highest BCUT2D eigenvalue weighted by molar-refractivity contribution is 6.09. The monoisotopic (exact) mass is 311 g/mol. The molecule has 0 saturated carbocycles. The van der Waals surface area contributed by atoms with E-state index in [0.717, 1.165) is 22.1 Å². The van der Waals surface area contributed by atoms with E-state index in [-0.39, 0.29) is 11.9 Å². The maximum atomic E-state index is 12.5. The van der Waals surface area contributed by atoms with Gasteiger partial charge in [-0.25, -0.2) is 0 Å². The number of amides is 1. The fourth-order valence-corrected chi connectivity index (χ4v) is 3.53. The molecule has 0 atom stereocenters. The Morgan fingerprint density at radius 2 is 1.04 bits per heavy atom. The highest BCUT2D eigenvalue weighted by atomic mass is 16.1. The molecule has 0 aliphatic heterocycles. The van der Waals surface area contributed by atoms with Gasteiger partial charge in [-0.1, -0.05) is 0 Å². The lowest BCUT2D eigenvalue weighted by Crippen LogP contribution is -2.24. The smallest absolute Gasteiger partial charge is 0.280 e. The van der Waals surface area contributed by atoms with Crippen LogP contribution in [0.25, 0.3) is 10.8 Å². The molecule has 2 aromatic carbocycles. The van der Waals surface area contributed by atoms with E-state index in [1.165, 1.54) is 27.6 Å². The molecule has 4 nitrogen and oxygen atoms in total. The predicted molar refractivity (Wildman–Crippen MR) is 97.2 cm³/mol. The van der Waals surface area contributed by atoms with Crippen molar-refractivity contribution in [1.82, 2.24) is 0 Å². The minimum absolute atomic E-state index is 0.209. The highest BCUT2D eigenvalue weighted by Crippen LogP contribution is 2.37. The molecular formula is C19H25N3O. The molecule has 0 unspecified atom stereocenters. The van der Waals surface area contributed by atoms with E-state index in [0.29, 0.717) is 5.56 Å². The SMILES string of the molecule is Cc1c(C)c(C)c2c(C)c(C(=O)N=C(N)N)c(C)c(C)c2c1C. The van der Waals surface area contributed by atoms with Crippen molar-refractivity contribution in [3.8, 4) is 0 Å². The summed E-state index contributed by atoms with van der Waals surface area (Å²) in [5, 5.41) is 2.38. The Morgan fingerprint density at radius 3 is 1.48 bits per heavy atom. The Kier molecular flexibility index (Phi) is 4.20. The number of nitrogens with zero attached hydrogens (tertiary/aromatic N) is 1. The van der Waals surface area contributed by atoms with Gasteiger partial charge in [0, 0.05) is 5.56 Å². The van der Waals surface area contributed by atoms with E-state index in [4.69, 9.17) is 11.5 Å². The molecular weight excluding hydrogens is 286 g/mol. The molecule has 2 rings (SSSR count). The van der Waals surface area contributed by atoms with Gasteiger partial charge in [0.05, 0.1) is 0 Å². The molecule has 0 aromatic heterocycles. The minimum atomic E-state index is -0.375. The molecule has 4 heteroatoms. The van der Waals surface area contributed by atoms with Crippen LogP contribution in [0.1, 0.15) is 49.3 Å². The maximum Gasteiger partial charge on any atom is 0.280 e. The van der Waals surface area contributed by atoms with Gasteiger partial charge in [-0.3, -0.25) is 4.79 Å². The van der Waals surface area contributed by atoms with Gasteiger partial charge in [0.25, 0.3) is 5.91 Å². The van der Waals surface area contributed by atoms with Gasteiger partial charge in [0.15, 0.2) is 5.96 Å². The largest absolute Gasteiger partial charge is 0.370 e. The lowest BCUT2D eigenvalue weighted by Gasteiger charge is -2.21. The maximum absolute atomic E-state index is 12.5. The Hall–Kier alpha value is -2.36. The minimum Gasteiger partial charge on any atom is -0.370 e. The lowest BCUT2D eigenvalue weighted by molar-refractivity contribution is 0.100. The Bertz CT molecular complexity index is 873. The third-order valence-electron chi connectivity index (χ3n) is 5.19. The van der Waals surface area contributed by atoms with Crippen molar-refractivity contribution in [2.24, 2.45) is 16.5 Å². The van der Waals surface area contributed by atoms with Crippen molar-refractivity contribution >= 4 is 22.6 Å². The first-order valence-electron chi connectivity index (χ1n) is 7.73. The third kappa shape index (κ3) is 2.48. The van der Waals surface area contributed by atoms with Gasteiger partial charge in [0.2, 0.25) is 0 Å². The van der Waals surface area contributed by atoms with Gasteiger partial charge in [-0.2, -0.15) is 4.99 Å². The average molecular weight is 311 g/mol. The van der Waals surface area contributed by atoms with Crippen LogP contribution in [0.5, 0.6) is 0 Å². The number of guanidine groups is 1. The van der Waals surface area contributed by atoms with Crippen LogP contribution in [0.15, 0.2) is 4.99 Å². The molecule has 0 aliphatic rings. The third-order valence-corrected chi connectivity index (χ3v) is 5.19. The number of carbonyl (C=O) groups excluding carboxylic acids is 1. The number of hydrogen-bond acceptors (Lipinski definition) is 1. The van der Waals surface area contributed by atoms with Gasteiger partial charge in [0.1, 0.15) is 0 Å². The van der Waals surface area contributed by atoms with E-state index in [1.54, 1.807) is 0 Å². The van der Waals surface area contributed by atoms with Crippen LogP contribution in [0.3, 0.4) is 0 Å². The van der Waals surface area contributed by atoms with Gasteiger partial charge in [-0.15, -0.1) is 0 Å². The molecule has 0 radical (unpaired) electrons. The zero-order valence-corrected chi connectivity index (χ0v) is 15.0. The molecule has 4 N–H and O–H groups in total. The lowest BCUT2D eigenvalue weighted by atomic mass is 9.83. The van der Waals surface area contributed by atoms with Crippen LogP contribution in [-0.2, 0) is 0 Å². The fourth-order valence-electron chi connectivity index (χ4n) is 3.53. The van der Waals surface area contributed by atoms with Crippen molar-refractivity contribution in [1.29, 1.82) is 0 Å². The molecule has 0 spiro atoms. The number of carbonyl (C=O) groups is 1. The van der Waals surface area contributed by atoms with E-state index in [1.807, 2.05) is 13.8 Å². The van der Waals surface area contributed by atoms with Crippen molar-refractivity contribution in [2.45, 2.75) is 48.5 Å². The Labute approximate surface area is 137 Å². The quantitative estimate of drug-likeness (QED) is 0.625. The number of aliphatic imine (C=N–C) groups is 1. The predicted octanol–water partition coefficient (Wildman–Crippen LogP) is 3.41. The van der Waals surface area contributed by atoms with Gasteiger partial charge < -0.3 is 11.5 Å². The number of rotatable bonds is 1. The molecule has 0 saturated heterocycles. The molecule has 0 fully saturated rings. The summed E-state index contributed by atoms with van der Waals surface area (Å²) < 4.78 is 0. The van der Waals surface area contributed by atoms with E-state index in [2.05, 4.69) is 39.6 Å². The molecule has 0 aliphatic carbocycles. The first-order valence-corrected chi connectivity index (χ1v) is 7.73. The second kappa shape index (κ2) is 5.69. The van der Waals surface area contributed by atoms with Crippen molar-refractivity contribution < 1.29 is 4.79 Å². The summed E-state index contributed by atoms with van der Waals surface area (Å²) in [5.74, 6) is -0.583. The molecule has 0 heterocycles. The molecule has 23 heavy (non-hydrogen) atoms. The molecule has 0 bridgehead atoms. The summed E-state index contributed by atoms with van der Waals surface area (Å²) in [6, 6.07) is 0. The van der Waals surface area contributed by atoms with Gasteiger partial charge in [-0.05, 0) is 98.2 Å². The Balaban J connectivity index is 3.07. The summed E-state index contributed by atoms with van der Waals surface area (Å²) in [7, 11) is 0. The molecule has 1 amide bonds. The van der Waals surface area contributed by atoms with Crippen molar-refractivity contribution in [2.75, 3.05) is 0 Å². The summed E-state index contributed by atoms with van der Waals surface area (Å²) in [5.41, 5.74) is 19.4. The van der Waals surface area contributed by atoms with Crippen LogP contribution >= 0.6 is 0 Å². The zero-order valence-electron chi connectivity index (χ0n) is 15.0. The first-order chi connectivity index (χ1) is 10.6. The summed E-state index contributed by atoms with van der Waals surface area (Å²) in [6.45, 7) is 14.5. The van der Waals surface area contributed by atoms with E-state index < -0.39 is 0 Å². The molecule has 2 aromatic rings. The van der Waals surface area contributed by atoms with Crippen molar-refractivity contribution in [3.63, 3.8) is 0 Å². The summed E-state index contributed by atoms with van der Waals surface area (Å²) >= 11 is 0. The van der Waals surface area contributed by atoms with E-state index in [9.17, 15) is 4.79 Å². The number of fused-ring (bicyclic) bond motifs is 1. The first kappa shape index (κ1) is 17.0. The zero-order chi connectivity index (χ0) is 17.6. The van der Waals surface area contributed by atoms with Crippen LogP contribution in [0, 0.1) is 48.5 Å². The van der Waals surface area contributed by atoms with Crippen LogP contribution in [0.2, 0.25) is 0 Å². The second-order valence-corrected chi connectivity index (χ2v) is 6.34. The molecule has 122 valence electrons. The van der Waals surface area contributed by atoms with E-state index >= 15 is 0 Å². The summed E-state index contributed by atoms with van der Waals surface area (Å²) in [6.07, 6.45) is 0. The average Bonchev–Trinajstić information content (AvgIpc) is 2.45. The van der Waals surface area contributed by atoms with Crippen molar-refractivity contribution in [3.05, 3.63) is 44.5 Å². The normalized spacial score (nSPS) is 10.9.